The minimum absolute atomic E-state index is 0.231. The summed E-state index contributed by atoms with van der Waals surface area (Å²) in [4.78, 5) is 40.7. The molecule has 1 aliphatic heterocycles. The molecule has 7 nitrogen and oxygen atoms in total. The third-order valence-corrected chi connectivity index (χ3v) is 9.32. The monoisotopic (exact) mass is 470 g/mol. The fourth-order valence-corrected chi connectivity index (χ4v) is 6.84. The molecule has 1 aromatic heterocycles. The van der Waals surface area contributed by atoms with Gasteiger partial charge in [0.05, 0.1) is 5.56 Å². The Labute approximate surface area is 199 Å². The Kier molecular flexibility index (Phi) is 6.54. The van der Waals surface area contributed by atoms with E-state index in [4.69, 9.17) is 0 Å². The summed E-state index contributed by atoms with van der Waals surface area (Å²) in [5.74, 6) is -0.185. The van der Waals surface area contributed by atoms with Gasteiger partial charge in [-0.25, -0.2) is 4.79 Å². The highest BCUT2D eigenvalue weighted by molar-refractivity contribution is 7.16. The van der Waals surface area contributed by atoms with Gasteiger partial charge in [-0.05, 0) is 49.0 Å². The number of hydrogen-bond donors (Lipinski definition) is 2. The molecule has 178 valence electrons. The first-order valence-corrected chi connectivity index (χ1v) is 13.0. The van der Waals surface area contributed by atoms with Gasteiger partial charge in [0.25, 0.3) is 5.91 Å². The van der Waals surface area contributed by atoms with Crippen LogP contribution in [0.4, 0.5) is 9.80 Å². The SMILES string of the molecule is CCC(C)(C)[C@@H]1CCc2c(sc(NC(=O)CN3C(=O)NC4(CCCCCC4)C3=O)c2C#N)C1. The first-order valence-electron chi connectivity index (χ1n) is 12.2. The number of carbonyl (C=O) groups excluding carboxylic acids is 3. The van der Waals surface area contributed by atoms with Gasteiger partial charge in [0, 0.05) is 4.88 Å². The molecule has 0 radical (unpaired) electrons. The van der Waals surface area contributed by atoms with Crippen LogP contribution in [-0.2, 0) is 22.4 Å². The number of fused-ring (bicyclic) bond motifs is 1. The Morgan fingerprint density at radius 3 is 2.61 bits per heavy atom. The lowest BCUT2D eigenvalue weighted by Gasteiger charge is -2.36. The van der Waals surface area contributed by atoms with E-state index in [0.717, 1.165) is 61.8 Å². The van der Waals surface area contributed by atoms with Crippen LogP contribution in [0.3, 0.4) is 0 Å². The van der Waals surface area contributed by atoms with E-state index in [1.165, 1.54) is 16.2 Å². The number of anilines is 1. The van der Waals surface area contributed by atoms with E-state index in [9.17, 15) is 19.6 Å². The molecule has 2 fully saturated rings. The summed E-state index contributed by atoms with van der Waals surface area (Å²) in [6.45, 7) is 6.48. The highest BCUT2D eigenvalue weighted by Gasteiger charge is 2.51. The molecule has 1 aromatic rings. The predicted octanol–water partition coefficient (Wildman–Crippen LogP) is 4.74. The number of amides is 4. The molecule has 1 saturated heterocycles. The molecule has 33 heavy (non-hydrogen) atoms. The molecular formula is C25H34N4O3S. The van der Waals surface area contributed by atoms with Gasteiger partial charge in [-0.1, -0.05) is 52.9 Å². The van der Waals surface area contributed by atoms with Crippen molar-refractivity contribution in [1.82, 2.24) is 10.2 Å². The second kappa shape index (κ2) is 9.09. The summed E-state index contributed by atoms with van der Waals surface area (Å²) in [6, 6.07) is 1.78. The number of thiophene rings is 1. The summed E-state index contributed by atoms with van der Waals surface area (Å²) >= 11 is 1.47. The molecule has 1 spiro atoms. The summed E-state index contributed by atoms with van der Waals surface area (Å²) in [6.07, 6.45) is 9.06. The molecular weight excluding hydrogens is 436 g/mol. The van der Waals surface area contributed by atoms with Gasteiger partial charge in [-0.15, -0.1) is 11.3 Å². The van der Waals surface area contributed by atoms with Gasteiger partial charge in [0.1, 0.15) is 23.2 Å². The van der Waals surface area contributed by atoms with Gasteiger partial charge < -0.3 is 10.6 Å². The van der Waals surface area contributed by atoms with Crippen molar-refractivity contribution in [2.45, 2.75) is 90.5 Å². The number of nitriles is 1. The van der Waals surface area contributed by atoms with E-state index < -0.39 is 17.5 Å². The third-order valence-electron chi connectivity index (χ3n) is 8.15. The topological polar surface area (TPSA) is 102 Å². The Bertz CT molecular complexity index is 998. The molecule has 4 amide bonds. The Hall–Kier alpha value is -2.40. The van der Waals surface area contributed by atoms with Gasteiger partial charge in [0.15, 0.2) is 0 Å². The predicted molar refractivity (Wildman–Crippen MR) is 128 cm³/mol. The van der Waals surface area contributed by atoms with Gasteiger partial charge >= 0.3 is 6.03 Å². The quantitative estimate of drug-likeness (QED) is 0.607. The Balaban J connectivity index is 1.47. The number of hydrogen-bond acceptors (Lipinski definition) is 5. The van der Waals surface area contributed by atoms with E-state index >= 15 is 0 Å². The summed E-state index contributed by atoms with van der Waals surface area (Å²) in [5.41, 5.74) is 0.964. The molecule has 2 N–H and O–H groups in total. The van der Waals surface area contributed by atoms with Crippen molar-refractivity contribution in [1.29, 1.82) is 5.26 Å². The van der Waals surface area contributed by atoms with Crippen LogP contribution in [0.1, 0.15) is 88.1 Å². The van der Waals surface area contributed by atoms with Crippen LogP contribution in [-0.4, -0.2) is 34.8 Å². The second-order valence-electron chi connectivity index (χ2n) is 10.5. The van der Waals surface area contributed by atoms with Crippen molar-refractivity contribution in [2.75, 3.05) is 11.9 Å². The van der Waals surface area contributed by atoms with E-state index in [0.29, 0.717) is 29.3 Å². The minimum Gasteiger partial charge on any atom is -0.323 e. The molecule has 2 aliphatic carbocycles. The van der Waals surface area contributed by atoms with Crippen LogP contribution in [0.2, 0.25) is 0 Å². The number of carbonyl (C=O) groups is 3. The maximum atomic E-state index is 13.1. The molecule has 0 aromatic carbocycles. The Morgan fingerprint density at radius 1 is 1.27 bits per heavy atom. The lowest BCUT2D eigenvalue weighted by Crippen LogP contribution is -2.47. The first-order chi connectivity index (χ1) is 15.7. The number of rotatable bonds is 5. The number of nitrogens with zero attached hydrogens (tertiary/aromatic N) is 2. The fraction of sp³-hybridized carbons (Fsp3) is 0.680. The lowest BCUT2D eigenvalue weighted by molar-refractivity contribution is -0.134. The summed E-state index contributed by atoms with van der Waals surface area (Å²) in [7, 11) is 0. The molecule has 1 saturated carbocycles. The number of imide groups is 1. The van der Waals surface area contributed by atoms with E-state index in [1.807, 2.05) is 0 Å². The van der Waals surface area contributed by atoms with Crippen molar-refractivity contribution in [3.63, 3.8) is 0 Å². The zero-order valence-electron chi connectivity index (χ0n) is 19.9. The van der Waals surface area contributed by atoms with Crippen LogP contribution in [0.5, 0.6) is 0 Å². The molecule has 0 unspecified atom stereocenters. The largest absolute Gasteiger partial charge is 0.325 e. The van der Waals surface area contributed by atoms with E-state index in [-0.39, 0.29) is 17.9 Å². The maximum Gasteiger partial charge on any atom is 0.325 e. The highest BCUT2D eigenvalue weighted by atomic mass is 32.1. The third kappa shape index (κ3) is 4.40. The van der Waals surface area contributed by atoms with Crippen LogP contribution in [0.15, 0.2) is 0 Å². The van der Waals surface area contributed by atoms with Crippen LogP contribution in [0.25, 0.3) is 0 Å². The van der Waals surface area contributed by atoms with Gasteiger partial charge in [-0.3, -0.25) is 14.5 Å². The summed E-state index contributed by atoms with van der Waals surface area (Å²) < 4.78 is 0. The van der Waals surface area contributed by atoms with E-state index in [2.05, 4.69) is 37.5 Å². The standard InChI is InChI=1S/C25H34N4O3S/c1-4-24(2,3)16-9-10-17-18(14-26)21(33-19(17)13-16)27-20(30)15-29-22(31)25(28-23(29)32)11-7-5-6-8-12-25/h16H,4-13,15H2,1-3H3,(H,27,30)(H,28,32)/t16-/m1/s1. The van der Waals surface area contributed by atoms with Gasteiger partial charge in [0.2, 0.25) is 5.91 Å². The fourth-order valence-electron chi connectivity index (χ4n) is 5.55. The number of urea groups is 1. The smallest absolute Gasteiger partial charge is 0.323 e. The minimum atomic E-state index is -0.852. The molecule has 8 heteroatoms. The van der Waals surface area contributed by atoms with Crippen molar-refractivity contribution in [3.05, 3.63) is 16.0 Å². The van der Waals surface area contributed by atoms with Crippen molar-refractivity contribution in [2.24, 2.45) is 11.3 Å². The van der Waals surface area contributed by atoms with E-state index in [1.54, 1.807) is 0 Å². The lowest BCUT2D eigenvalue weighted by atomic mass is 9.69. The molecule has 2 heterocycles. The van der Waals surface area contributed by atoms with Crippen LogP contribution in [0, 0.1) is 22.7 Å². The van der Waals surface area contributed by atoms with Crippen molar-refractivity contribution < 1.29 is 14.4 Å². The zero-order chi connectivity index (χ0) is 23.8. The van der Waals surface area contributed by atoms with Crippen LogP contribution >= 0.6 is 11.3 Å². The molecule has 0 bridgehead atoms. The van der Waals surface area contributed by atoms with Crippen LogP contribution < -0.4 is 10.6 Å². The molecule has 3 aliphatic rings. The zero-order valence-corrected chi connectivity index (χ0v) is 20.7. The van der Waals surface area contributed by atoms with Gasteiger partial charge in [-0.2, -0.15) is 5.26 Å². The van der Waals surface area contributed by atoms with Crippen molar-refractivity contribution >= 4 is 34.2 Å². The maximum absolute atomic E-state index is 13.1. The Morgan fingerprint density at radius 2 is 1.97 bits per heavy atom. The second-order valence-corrected chi connectivity index (χ2v) is 11.6. The highest BCUT2D eigenvalue weighted by Crippen LogP contribution is 2.45. The number of nitrogens with one attached hydrogen (secondary N) is 2. The molecule has 4 rings (SSSR count). The summed E-state index contributed by atoms with van der Waals surface area (Å²) in [5, 5.41) is 16.0. The van der Waals surface area contributed by atoms with Crippen molar-refractivity contribution in [3.8, 4) is 6.07 Å². The first kappa shape index (κ1) is 23.7. The normalized spacial score (nSPS) is 22.5. The molecule has 1 atom stereocenters. The average molecular weight is 471 g/mol. The average Bonchev–Trinajstić information content (AvgIpc) is 3.10.